The molecule has 0 aliphatic rings. The Hall–Kier alpha value is -2.08. The molecule has 19 heavy (non-hydrogen) atoms. The number of benzene rings is 1. The normalized spacial score (nSPS) is 10.8. The second-order valence-electron chi connectivity index (χ2n) is 3.94. The van der Waals surface area contributed by atoms with Crippen LogP contribution in [0.5, 0.6) is 0 Å². The minimum atomic E-state index is 0.638. The fraction of sp³-hybridized carbons (Fsp3) is 0.154. The van der Waals surface area contributed by atoms with Crippen molar-refractivity contribution in [2.45, 2.75) is 10.9 Å². The second kappa shape index (κ2) is 5.27. The summed E-state index contributed by atoms with van der Waals surface area (Å²) in [6.45, 7) is 0. The van der Waals surface area contributed by atoms with E-state index < -0.39 is 0 Å². The molecule has 2 heterocycles. The van der Waals surface area contributed by atoms with Gasteiger partial charge in [-0.1, -0.05) is 42.1 Å². The van der Waals surface area contributed by atoms with E-state index in [0.29, 0.717) is 11.6 Å². The number of hydrogen-bond acceptors (Lipinski definition) is 5. The number of rotatable bonds is 4. The quantitative estimate of drug-likeness (QED) is 0.683. The fourth-order valence-corrected chi connectivity index (χ4v) is 2.40. The first kappa shape index (κ1) is 12.0. The van der Waals surface area contributed by atoms with E-state index in [-0.39, 0.29) is 0 Å². The summed E-state index contributed by atoms with van der Waals surface area (Å²) in [5, 5.41) is 4.86. The van der Waals surface area contributed by atoms with Gasteiger partial charge in [-0.15, -0.1) is 0 Å². The van der Waals surface area contributed by atoms with Crippen LogP contribution >= 0.6 is 11.8 Å². The zero-order chi connectivity index (χ0) is 13.1. The van der Waals surface area contributed by atoms with Gasteiger partial charge in [0.15, 0.2) is 10.9 Å². The molecule has 0 spiro atoms. The lowest BCUT2D eigenvalue weighted by Crippen LogP contribution is -1.93. The van der Waals surface area contributed by atoms with Gasteiger partial charge in [-0.2, -0.15) is 5.10 Å². The standard InChI is InChI=1S/C13H12N4OS/c1-17-13(15-9-16-17)19-8-12-14-7-11(18-12)10-5-3-2-4-6-10/h2-7,9H,8H2,1H3. The Morgan fingerprint density at radius 1 is 1.21 bits per heavy atom. The predicted octanol–water partition coefficient (Wildman–Crippen LogP) is 2.76. The van der Waals surface area contributed by atoms with Gasteiger partial charge in [-0.25, -0.2) is 14.6 Å². The first-order valence-corrected chi connectivity index (χ1v) is 6.78. The monoisotopic (exact) mass is 272 g/mol. The second-order valence-corrected chi connectivity index (χ2v) is 4.88. The van der Waals surface area contributed by atoms with E-state index in [1.54, 1.807) is 22.6 Å². The van der Waals surface area contributed by atoms with E-state index in [4.69, 9.17) is 4.42 Å². The van der Waals surface area contributed by atoms with Crippen molar-refractivity contribution in [1.29, 1.82) is 0 Å². The minimum Gasteiger partial charge on any atom is -0.440 e. The Bertz CT molecular complexity index is 662. The molecule has 0 aliphatic heterocycles. The highest BCUT2D eigenvalue weighted by atomic mass is 32.2. The molecule has 0 N–H and O–H groups in total. The van der Waals surface area contributed by atoms with Crippen LogP contribution in [0.3, 0.4) is 0 Å². The SMILES string of the molecule is Cn1ncnc1SCc1ncc(-c2ccccc2)o1. The van der Waals surface area contributed by atoms with Crippen molar-refractivity contribution in [3.63, 3.8) is 0 Å². The molecule has 0 bridgehead atoms. The highest BCUT2D eigenvalue weighted by Gasteiger charge is 2.08. The van der Waals surface area contributed by atoms with Gasteiger partial charge in [0.2, 0.25) is 5.89 Å². The Balaban J connectivity index is 1.70. The molecular weight excluding hydrogens is 260 g/mol. The van der Waals surface area contributed by atoms with Gasteiger partial charge in [0, 0.05) is 12.6 Å². The number of oxazole rings is 1. The van der Waals surface area contributed by atoms with E-state index in [1.165, 1.54) is 6.33 Å². The smallest absolute Gasteiger partial charge is 0.205 e. The molecule has 5 nitrogen and oxygen atoms in total. The molecule has 0 saturated carbocycles. The van der Waals surface area contributed by atoms with Crippen LogP contribution in [0.25, 0.3) is 11.3 Å². The lowest BCUT2D eigenvalue weighted by Gasteiger charge is -1.97. The lowest BCUT2D eigenvalue weighted by molar-refractivity contribution is 0.529. The highest BCUT2D eigenvalue weighted by molar-refractivity contribution is 7.98. The molecule has 3 aromatic rings. The van der Waals surface area contributed by atoms with Crippen molar-refractivity contribution < 1.29 is 4.42 Å². The van der Waals surface area contributed by atoms with Crippen LogP contribution in [0.15, 0.2) is 52.4 Å². The van der Waals surface area contributed by atoms with Crippen LogP contribution in [0.4, 0.5) is 0 Å². The zero-order valence-corrected chi connectivity index (χ0v) is 11.2. The van der Waals surface area contributed by atoms with Crippen LogP contribution in [-0.2, 0) is 12.8 Å². The Labute approximate surface area is 114 Å². The van der Waals surface area contributed by atoms with E-state index in [9.17, 15) is 0 Å². The van der Waals surface area contributed by atoms with Crippen LogP contribution in [0.2, 0.25) is 0 Å². The third-order valence-electron chi connectivity index (χ3n) is 2.61. The molecule has 0 aliphatic carbocycles. The summed E-state index contributed by atoms with van der Waals surface area (Å²) < 4.78 is 7.45. The molecule has 6 heteroatoms. The average Bonchev–Trinajstić information content (AvgIpc) is 3.06. The maximum absolute atomic E-state index is 5.72. The van der Waals surface area contributed by atoms with Crippen molar-refractivity contribution in [3.05, 3.63) is 48.7 Å². The van der Waals surface area contributed by atoms with E-state index >= 15 is 0 Å². The lowest BCUT2D eigenvalue weighted by atomic mass is 10.2. The van der Waals surface area contributed by atoms with Crippen molar-refractivity contribution in [1.82, 2.24) is 19.7 Å². The number of aromatic nitrogens is 4. The first-order chi connectivity index (χ1) is 9.33. The van der Waals surface area contributed by atoms with Crippen LogP contribution in [0.1, 0.15) is 5.89 Å². The fourth-order valence-electron chi connectivity index (χ4n) is 1.66. The van der Waals surface area contributed by atoms with Gasteiger partial charge >= 0.3 is 0 Å². The van der Waals surface area contributed by atoms with Crippen molar-refractivity contribution in [3.8, 4) is 11.3 Å². The molecule has 2 aromatic heterocycles. The van der Waals surface area contributed by atoms with Crippen LogP contribution in [0, 0.1) is 0 Å². The molecule has 0 unspecified atom stereocenters. The summed E-state index contributed by atoms with van der Waals surface area (Å²) in [5.41, 5.74) is 1.03. The summed E-state index contributed by atoms with van der Waals surface area (Å²) in [5.74, 6) is 2.11. The average molecular weight is 272 g/mol. The number of aryl methyl sites for hydroxylation is 1. The van der Waals surface area contributed by atoms with E-state index in [0.717, 1.165) is 16.5 Å². The third kappa shape index (κ3) is 2.68. The summed E-state index contributed by atoms with van der Waals surface area (Å²) in [6.07, 6.45) is 3.29. The van der Waals surface area contributed by atoms with Gasteiger partial charge in [0.1, 0.15) is 6.33 Å². The van der Waals surface area contributed by atoms with Crippen molar-refractivity contribution in [2.24, 2.45) is 7.05 Å². The molecule has 0 saturated heterocycles. The summed E-state index contributed by atoms with van der Waals surface area (Å²) in [6, 6.07) is 9.93. The summed E-state index contributed by atoms with van der Waals surface area (Å²) >= 11 is 1.55. The number of thioether (sulfide) groups is 1. The van der Waals surface area contributed by atoms with Crippen LogP contribution < -0.4 is 0 Å². The summed E-state index contributed by atoms with van der Waals surface area (Å²) in [4.78, 5) is 8.42. The molecule has 0 atom stereocenters. The minimum absolute atomic E-state index is 0.638. The van der Waals surface area contributed by atoms with Gasteiger partial charge in [0.25, 0.3) is 0 Å². The van der Waals surface area contributed by atoms with Gasteiger partial charge in [-0.3, -0.25) is 0 Å². The van der Waals surface area contributed by atoms with Crippen molar-refractivity contribution in [2.75, 3.05) is 0 Å². The topological polar surface area (TPSA) is 56.7 Å². The van der Waals surface area contributed by atoms with Gasteiger partial charge < -0.3 is 4.42 Å². The molecular formula is C13H12N4OS. The molecule has 0 fully saturated rings. The van der Waals surface area contributed by atoms with E-state index in [2.05, 4.69) is 15.1 Å². The highest BCUT2D eigenvalue weighted by Crippen LogP contribution is 2.24. The Kier molecular flexibility index (Phi) is 3.33. The molecule has 96 valence electrons. The summed E-state index contributed by atoms with van der Waals surface area (Å²) in [7, 11) is 1.86. The first-order valence-electron chi connectivity index (χ1n) is 5.80. The number of nitrogens with zero attached hydrogens (tertiary/aromatic N) is 4. The molecule has 0 amide bonds. The molecule has 0 radical (unpaired) electrons. The Morgan fingerprint density at radius 2 is 2.05 bits per heavy atom. The van der Waals surface area contributed by atoms with Gasteiger partial charge in [0.05, 0.1) is 11.9 Å². The maximum Gasteiger partial charge on any atom is 0.205 e. The van der Waals surface area contributed by atoms with E-state index in [1.807, 2.05) is 37.4 Å². The Morgan fingerprint density at radius 3 is 2.79 bits per heavy atom. The zero-order valence-electron chi connectivity index (χ0n) is 10.4. The maximum atomic E-state index is 5.72. The molecule has 1 aromatic carbocycles. The number of hydrogen-bond donors (Lipinski definition) is 0. The van der Waals surface area contributed by atoms with Gasteiger partial charge in [-0.05, 0) is 0 Å². The third-order valence-corrected chi connectivity index (χ3v) is 3.63. The largest absolute Gasteiger partial charge is 0.440 e. The molecule has 3 rings (SSSR count). The predicted molar refractivity (Wildman–Crippen MR) is 72.5 cm³/mol. The van der Waals surface area contributed by atoms with Crippen LogP contribution in [-0.4, -0.2) is 19.7 Å². The van der Waals surface area contributed by atoms with Crippen molar-refractivity contribution >= 4 is 11.8 Å².